The number of nitro groups is 1. The second-order valence-corrected chi connectivity index (χ2v) is 5.11. The number of nitrogens with zero attached hydrogens (tertiary/aromatic N) is 1. The first-order chi connectivity index (χ1) is 15.3. The molecule has 0 radical (unpaired) electrons. The van der Waals surface area contributed by atoms with Gasteiger partial charge in [0.25, 0.3) is 5.69 Å². The molecule has 1 aromatic rings. The van der Waals surface area contributed by atoms with Gasteiger partial charge in [-0.15, -0.1) is 0 Å². The first-order valence-corrected chi connectivity index (χ1v) is 11.1. The van der Waals surface area contributed by atoms with Gasteiger partial charge in [0.2, 0.25) is 0 Å². The molecule has 2 rings (SSSR count). The van der Waals surface area contributed by atoms with Crippen LogP contribution in [0.5, 0.6) is 5.75 Å². The number of hydrogen-bond acceptors (Lipinski definition) is 8. The molecule has 1 fully saturated rings. The Balaban J connectivity index is -0.000000187. The van der Waals surface area contributed by atoms with E-state index in [4.69, 9.17) is 9.47 Å². The van der Waals surface area contributed by atoms with Gasteiger partial charge in [0.15, 0.2) is 0 Å². The second-order valence-electron chi connectivity index (χ2n) is 5.11. The summed E-state index contributed by atoms with van der Waals surface area (Å²) in [5.41, 5.74) is -0.0674. The first-order valence-electron chi connectivity index (χ1n) is 11.1. The highest BCUT2D eigenvalue weighted by Gasteiger charge is 2.17. The fraction of sp³-hybridized carbons (Fsp3) is 0.652. The smallest absolute Gasteiger partial charge is 0.460 e. The Hall–Kier alpha value is -2.68. The molecule has 1 aromatic carbocycles. The van der Waals surface area contributed by atoms with Crippen LogP contribution in [-0.4, -0.2) is 43.5 Å². The van der Waals surface area contributed by atoms with E-state index in [0.717, 1.165) is 13.0 Å². The summed E-state index contributed by atoms with van der Waals surface area (Å²) in [7, 11) is 1.17. The summed E-state index contributed by atoms with van der Waals surface area (Å²) in [6, 6.07) is 5.10. The topological polar surface area (TPSA) is 114 Å². The largest absolute Gasteiger partial charge is 0.513 e. The van der Waals surface area contributed by atoms with Gasteiger partial charge < -0.3 is 18.9 Å². The van der Waals surface area contributed by atoms with Gasteiger partial charge in [-0.3, -0.25) is 14.9 Å². The zero-order valence-electron chi connectivity index (χ0n) is 21.4. The molecule has 0 amide bonds. The molecule has 1 heterocycles. The van der Waals surface area contributed by atoms with Crippen LogP contribution < -0.4 is 4.74 Å². The highest BCUT2D eigenvalue weighted by atomic mass is 16.7. The van der Waals surface area contributed by atoms with Crippen LogP contribution in [0.25, 0.3) is 0 Å². The molecular formula is C23H43NO8. The van der Waals surface area contributed by atoms with Crippen LogP contribution in [0.3, 0.4) is 0 Å². The van der Waals surface area contributed by atoms with E-state index in [-0.39, 0.29) is 23.5 Å². The molecule has 0 aromatic heterocycles. The van der Waals surface area contributed by atoms with Crippen molar-refractivity contribution in [3.8, 4) is 5.75 Å². The SMILES string of the molecule is CC.CC.CC.CC(=O)OC1CCOC1.CCC.COC(=O)Oc1ccc([N+](=O)[O-])cc1. The molecule has 1 atom stereocenters. The van der Waals surface area contributed by atoms with Crippen LogP contribution >= 0.6 is 0 Å². The lowest BCUT2D eigenvalue weighted by atomic mass is 10.3. The number of rotatable bonds is 3. The van der Waals surface area contributed by atoms with Crippen LogP contribution in [0.1, 0.15) is 75.2 Å². The fourth-order valence-electron chi connectivity index (χ4n) is 1.61. The van der Waals surface area contributed by atoms with Crippen molar-refractivity contribution in [3.05, 3.63) is 34.4 Å². The average molecular weight is 462 g/mol. The van der Waals surface area contributed by atoms with Crippen molar-refractivity contribution in [2.75, 3.05) is 20.3 Å². The second kappa shape index (κ2) is 28.3. The van der Waals surface area contributed by atoms with Crippen LogP contribution in [-0.2, 0) is 19.0 Å². The summed E-state index contributed by atoms with van der Waals surface area (Å²) >= 11 is 0. The number of carbonyl (C=O) groups is 2. The van der Waals surface area contributed by atoms with Crippen LogP contribution in [0.4, 0.5) is 10.5 Å². The van der Waals surface area contributed by atoms with Crippen molar-refractivity contribution in [1.82, 2.24) is 0 Å². The van der Waals surface area contributed by atoms with Crippen molar-refractivity contribution < 1.29 is 33.5 Å². The number of carbonyl (C=O) groups excluding carboxylic acids is 2. The number of benzene rings is 1. The third-order valence-corrected chi connectivity index (χ3v) is 2.64. The number of hydrogen-bond donors (Lipinski definition) is 0. The van der Waals surface area contributed by atoms with Gasteiger partial charge >= 0.3 is 12.1 Å². The molecule has 9 nitrogen and oxygen atoms in total. The lowest BCUT2D eigenvalue weighted by Crippen LogP contribution is -2.15. The standard InChI is InChI=1S/C8H7NO5.C6H10O3.C3H8.3C2H6/c1-13-8(10)14-7-4-2-6(3-5-7)9(11)12;1-5(7)9-6-2-3-8-4-6;1-3-2;3*1-2/h2-5H,1H3;6H,2-4H2,1H3;3H2,1-2H3;3*1-2H3. The first kappa shape index (κ1) is 36.7. The lowest BCUT2D eigenvalue weighted by Gasteiger charge is -2.05. The van der Waals surface area contributed by atoms with E-state index in [1.54, 1.807) is 0 Å². The summed E-state index contributed by atoms with van der Waals surface area (Å²) in [4.78, 5) is 30.7. The normalized spacial score (nSPS) is 12.5. The fourth-order valence-corrected chi connectivity index (χ4v) is 1.61. The summed E-state index contributed by atoms with van der Waals surface area (Å²) in [6.45, 7) is 19.0. The minimum atomic E-state index is -0.862. The Kier molecular flexibility index (Phi) is 32.5. The third kappa shape index (κ3) is 23.6. The van der Waals surface area contributed by atoms with Crippen molar-refractivity contribution in [3.63, 3.8) is 0 Å². The number of non-ortho nitro benzene ring substituents is 1. The third-order valence-electron chi connectivity index (χ3n) is 2.64. The maximum atomic E-state index is 10.6. The average Bonchev–Trinajstić information content (AvgIpc) is 3.31. The molecule has 0 aliphatic carbocycles. The molecule has 1 aliphatic heterocycles. The molecule has 9 heteroatoms. The van der Waals surface area contributed by atoms with Crippen molar-refractivity contribution in [2.45, 2.75) is 81.3 Å². The number of ether oxygens (including phenoxy) is 4. The summed E-state index contributed by atoms with van der Waals surface area (Å²) in [5.74, 6) is -0.0204. The zero-order chi connectivity index (χ0) is 25.9. The van der Waals surface area contributed by atoms with E-state index >= 15 is 0 Å². The maximum absolute atomic E-state index is 10.6. The number of esters is 1. The van der Waals surface area contributed by atoms with E-state index in [2.05, 4.69) is 23.3 Å². The molecule has 0 bridgehead atoms. The predicted molar refractivity (Wildman–Crippen MR) is 127 cm³/mol. The molecule has 1 aliphatic rings. The van der Waals surface area contributed by atoms with E-state index in [9.17, 15) is 19.7 Å². The van der Waals surface area contributed by atoms with Gasteiger partial charge in [-0.2, -0.15) is 0 Å². The highest BCUT2D eigenvalue weighted by Crippen LogP contribution is 2.17. The number of methoxy groups -OCH3 is 1. The van der Waals surface area contributed by atoms with E-state index < -0.39 is 11.1 Å². The maximum Gasteiger partial charge on any atom is 0.513 e. The van der Waals surface area contributed by atoms with E-state index in [1.807, 2.05) is 41.5 Å². The lowest BCUT2D eigenvalue weighted by molar-refractivity contribution is -0.384. The van der Waals surface area contributed by atoms with Gasteiger partial charge in [0.05, 0.1) is 25.2 Å². The predicted octanol–water partition coefficient (Wildman–Crippen LogP) is 6.57. The molecular weight excluding hydrogens is 418 g/mol. The minimum absolute atomic E-state index is 0.0162. The van der Waals surface area contributed by atoms with Gasteiger partial charge in [0.1, 0.15) is 11.9 Å². The summed E-state index contributed by atoms with van der Waals surface area (Å²) in [5, 5.41) is 10.3. The molecule has 1 saturated heterocycles. The van der Waals surface area contributed by atoms with E-state index in [0.29, 0.717) is 6.61 Å². The summed E-state index contributed by atoms with van der Waals surface area (Å²) in [6.07, 6.45) is 1.25. The minimum Gasteiger partial charge on any atom is -0.460 e. The number of nitro benzene ring substituents is 1. The molecule has 1 unspecified atom stereocenters. The van der Waals surface area contributed by atoms with Crippen LogP contribution in [0.2, 0.25) is 0 Å². The molecule has 32 heavy (non-hydrogen) atoms. The highest BCUT2D eigenvalue weighted by molar-refractivity contribution is 5.66. The summed E-state index contributed by atoms with van der Waals surface area (Å²) < 4.78 is 18.7. The quantitative estimate of drug-likeness (QED) is 0.215. The Bertz CT molecular complexity index is 556. The molecule has 0 spiro atoms. The molecule has 0 saturated carbocycles. The van der Waals surface area contributed by atoms with Crippen molar-refractivity contribution >= 4 is 17.8 Å². The Labute approximate surface area is 193 Å². The van der Waals surface area contributed by atoms with Crippen molar-refractivity contribution in [2.24, 2.45) is 0 Å². The van der Waals surface area contributed by atoms with Gasteiger partial charge in [0, 0.05) is 25.5 Å². The monoisotopic (exact) mass is 461 g/mol. The Morgan fingerprint density at radius 3 is 1.84 bits per heavy atom. The van der Waals surface area contributed by atoms with Crippen LogP contribution in [0, 0.1) is 10.1 Å². The van der Waals surface area contributed by atoms with Gasteiger partial charge in [-0.1, -0.05) is 61.8 Å². The Morgan fingerprint density at radius 1 is 1.06 bits per heavy atom. The van der Waals surface area contributed by atoms with Crippen molar-refractivity contribution in [1.29, 1.82) is 0 Å². The zero-order valence-corrected chi connectivity index (χ0v) is 21.4. The van der Waals surface area contributed by atoms with Gasteiger partial charge in [-0.25, -0.2) is 4.79 Å². The van der Waals surface area contributed by atoms with E-state index in [1.165, 1.54) is 44.7 Å². The van der Waals surface area contributed by atoms with Crippen LogP contribution in [0.15, 0.2) is 24.3 Å². The Morgan fingerprint density at radius 2 is 1.53 bits per heavy atom. The molecule has 0 N–H and O–H groups in total. The molecule has 188 valence electrons. The van der Waals surface area contributed by atoms with Gasteiger partial charge in [-0.05, 0) is 12.1 Å².